The first-order valence-electron chi connectivity index (χ1n) is 9.27. The quantitative estimate of drug-likeness (QED) is 0.759. The Morgan fingerprint density at radius 1 is 1.07 bits per heavy atom. The number of likely N-dealkylation sites (tertiary alicyclic amines) is 1. The molecule has 6 nitrogen and oxygen atoms in total. The summed E-state index contributed by atoms with van der Waals surface area (Å²) in [5, 5.41) is 11.0. The van der Waals surface area contributed by atoms with Crippen molar-refractivity contribution in [2.24, 2.45) is 0 Å². The van der Waals surface area contributed by atoms with E-state index in [1.165, 1.54) is 0 Å². The molecule has 4 rings (SSSR count). The van der Waals surface area contributed by atoms with Crippen LogP contribution in [0, 0.1) is 20.8 Å². The van der Waals surface area contributed by atoms with Crippen molar-refractivity contribution < 1.29 is 9.90 Å². The van der Waals surface area contributed by atoms with E-state index in [1.54, 1.807) is 11.1 Å². The van der Waals surface area contributed by atoms with E-state index in [0.29, 0.717) is 37.3 Å². The van der Waals surface area contributed by atoms with Crippen LogP contribution < -0.4 is 0 Å². The van der Waals surface area contributed by atoms with Crippen LogP contribution in [-0.4, -0.2) is 43.4 Å². The molecule has 0 unspecified atom stereocenters. The van der Waals surface area contributed by atoms with Gasteiger partial charge in [0.25, 0.3) is 5.91 Å². The molecule has 4 heterocycles. The summed E-state index contributed by atoms with van der Waals surface area (Å²) >= 11 is 0. The van der Waals surface area contributed by atoms with Crippen LogP contribution in [0.1, 0.15) is 45.8 Å². The Balaban J connectivity index is 1.56. The van der Waals surface area contributed by atoms with Crippen LogP contribution in [0.2, 0.25) is 0 Å². The molecular weight excluding hydrogens is 340 g/mol. The topological polar surface area (TPSA) is 70.7 Å². The van der Waals surface area contributed by atoms with E-state index in [2.05, 4.69) is 9.97 Å². The number of amides is 1. The maximum atomic E-state index is 13.2. The summed E-state index contributed by atoms with van der Waals surface area (Å²) in [6, 6.07) is 7.76. The van der Waals surface area contributed by atoms with E-state index in [-0.39, 0.29) is 5.91 Å². The van der Waals surface area contributed by atoms with Crippen molar-refractivity contribution in [2.75, 3.05) is 13.1 Å². The molecule has 6 heteroatoms. The fourth-order valence-electron chi connectivity index (χ4n) is 3.75. The van der Waals surface area contributed by atoms with E-state index in [9.17, 15) is 9.90 Å². The molecule has 1 fully saturated rings. The SMILES string of the molecule is Cc1ccc(C2(O)CCN(C(=O)c3c(C)nc4ccc(C)cn34)CC2)nc1. The van der Waals surface area contributed by atoms with Crippen LogP contribution in [0.3, 0.4) is 0 Å². The highest BCUT2D eigenvalue weighted by Gasteiger charge is 2.37. The highest BCUT2D eigenvalue weighted by Crippen LogP contribution is 2.32. The normalized spacial score (nSPS) is 16.7. The number of hydrogen-bond donors (Lipinski definition) is 1. The second-order valence-electron chi connectivity index (χ2n) is 7.53. The molecule has 0 atom stereocenters. The molecule has 1 aliphatic heterocycles. The third-order valence-electron chi connectivity index (χ3n) is 5.41. The average Bonchev–Trinajstić information content (AvgIpc) is 2.97. The maximum Gasteiger partial charge on any atom is 0.272 e. The van der Waals surface area contributed by atoms with Gasteiger partial charge in [-0.15, -0.1) is 0 Å². The molecule has 3 aromatic rings. The van der Waals surface area contributed by atoms with Crippen molar-refractivity contribution in [3.05, 3.63) is 64.9 Å². The van der Waals surface area contributed by atoms with E-state index in [4.69, 9.17) is 0 Å². The van der Waals surface area contributed by atoms with Crippen molar-refractivity contribution in [2.45, 2.75) is 39.2 Å². The number of hydrogen-bond acceptors (Lipinski definition) is 4. The molecule has 1 N–H and O–H groups in total. The first-order valence-corrected chi connectivity index (χ1v) is 9.27. The zero-order valence-electron chi connectivity index (χ0n) is 15.9. The zero-order chi connectivity index (χ0) is 19.2. The number of carbonyl (C=O) groups excluding carboxylic acids is 1. The number of carbonyl (C=O) groups is 1. The van der Waals surface area contributed by atoms with Crippen LogP contribution in [0.5, 0.6) is 0 Å². The third-order valence-corrected chi connectivity index (χ3v) is 5.41. The van der Waals surface area contributed by atoms with Crippen LogP contribution >= 0.6 is 0 Å². The summed E-state index contributed by atoms with van der Waals surface area (Å²) in [4.78, 5) is 23.9. The van der Waals surface area contributed by atoms with Gasteiger partial charge in [-0.05, 0) is 56.9 Å². The molecule has 0 radical (unpaired) electrons. The number of aromatic nitrogens is 3. The predicted octanol–water partition coefficient (Wildman–Crippen LogP) is 2.78. The number of aliphatic hydroxyl groups is 1. The van der Waals surface area contributed by atoms with Gasteiger partial charge in [0.05, 0.1) is 11.4 Å². The Kier molecular flexibility index (Phi) is 4.23. The fourth-order valence-corrected chi connectivity index (χ4v) is 3.75. The molecule has 0 aromatic carbocycles. The summed E-state index contributed by atoms with van der Waals surface area (Å²) < 4.78 is 1.87. The summed E-state index contributed by atoms with van der Waals surface area (Å²) in [5.74, 6) is -0.0375. The smallest absolute Gasteiger partial charge is 0.272 e. The lowest BCUT2D eigenvalue weighted by atomic mass is 9.87. The van der Waals surface area contributed by atoms with Gasteiger partial charge < -0.3 is 10.0 Å². The summed E-state index contributed by atoms with van der Waals surface area (Å²) in [6.07, 6.45) is 4.67. The lowest BCUT2D eigenvalue weighted by Gasteiger charge is -2.37. The van der Waals surface area contributed by atoms with Crippen LogP contribution in [0.4, 0.5) is 0 Å². The van der Waals surface area contributed by atoms with Gasteiger partial charge in [-0.2, -0.15) is 0 Å². The van der Waals surface area contributed by atoms with Gasteiger partial charge >= 0.3 is 0 Å². The lowest BCUT2D eigenvalue weighted by molar-refractivity contribution is -0.0245. The number of nitrogens with zero attached hydrogens (tertiary/aromatic N) is 4. The molecular formula is C21H24N4O2. The largest absolute Gasteiger partial charge is 0.383 e. The molecule has 140 valence electrons. The monoisotopic (exact) mass is 364 g/mol. The third kappa shape index (κ3) is 3.10. The van der Waals surface area contributed by atoms with E-state index in [0.717, 1.165) is 22.5 Å². The minimum atomic E-state index is -0.977. The van der Waals surface area contributed by atoms with Gasteiger partial charge in [0.2, 0.25) is 0 Å². The lowest BCUT2D eigenvalue weighted by Crippen LogP contribution is -2.46. The molecule has 27 heavy (non-hydrogen) atoms. The number of fused-ring (bicyclic) bond motifs is 1. The molecule has 0 aliphatic carbocycles. The second kappa shape index (κ2) is 6.46. The fraction of sp³-hybridized carbons (Fsp3) is 0.381. The van der Waals surface area contributed by atoms with Gasteiger partial charge in [-0.3, -0.25) is 14.2 Å². The Morgan fingerprint density at radius 2 is 1.78 bits per heavy atom. The van der Waals surface area contributed by atoms with Crippen molar-refractivity contribution in [1.82, 2.24) is 19.3 Å². The highest BCUT2D eigenvalue weighted by molar-refractivity contribution is 5.94. The van der Waals surface area contributed by atoms with E-state index in [1.807, 2.05) is 55.6 Å². The standard InChI is InChI=1S/C21H24N4O2/c1-14-4-6-17(22-12-14)21(27)8-10-24(11-9-21)20(26)19-16(3)23-18-7-5-15(2)13-25(18)19/h4-7,12-13,27H,8-11H2,1-3H3. The highest BCUT2D eigenvalue weighted by atomic mass is 16.3. The van der Waals surface area contributed by atoms with Gasteiger partial charge in [-0.25, -0.2) is 4.98 Å². The molecule has 0 saturated carbocycles. The second-order valence-corrected chi connectivity index (χ2v) is 7.53. The summed E-state index contributed by atoms with van der Waals surface area (Å²) in [6.45, 7) is 6.82. The van der Waals surface area contributed by atoms with Crippen molar-refractivity contribution in [3.63, 3.8) is 0 Å². The molecule has 1 saturated heterocycles. The van der Waals surface area contributed by atoms with Crippen molar-refractivity contribution in [1.29, 1.82) is 0 Å². The number of imidazole rings is 1. The van der Waals surface area contributed by atoms with Gasteiger partial charge in [0.15, 0.2) is 0 Å². The molecule has 0 spiro atoms. The Morgan fingerprint density at radius 3 is 2.44 bits per heavy atom. The zero-order valence-corrected chi connectivity index (χ0v) is 15.9. The number of rotatable bonds is 2. The molecule has 1 amide bonds. The van der Waals surface area contributed by atoms with Crippen molar-refractivity contribution >= 4 is 11.6 Å². The van der Waals surface area contributed by atoms with E-state index >= 15 is 0 Å². The summed E-state index contributed by atoms with van der Waals surface area (Å²) in [7, 11) is 0. The van der Waals surface area contributed by atoms with E-state index < -0.39 is 5.60 Å². The Bertz CT molecular complexity index is 999. The Labute approximate surface area is 158 Å². The van der Waals surface area contributed by atoms with Gasteiger partial charge in [-0.1, -0.05) is 12.1 Å². The van der Waals surface area contributed by atoms with Crippen LogP contribution in [0.25, 0.3) is 5.65 Å². The van der Waals surface area contributed by atoms with Crippen molar-refractivity contribution in [3.8, 4) is 0 Å². The number of piperidine rings is 1. The average molecular weight is 364 g/mol. The minimum Gasteiger partial charge on any atom is -0.383 e. The first-order chi connectivity index (χ1) is 12.9. The van der Waals surface area contributed by atoms with Crippen LogP contribution in [-0.2, 0) is 5.60 Å². The Hall–Kier alpha value is -2.73. The molecule has 3 aromatic heterocycles. The number of pyridine rings is 2. The predicted molar refractivity (Wildman–Crippen MR) is 103 cm³/mol. The van der Waals surface area contributed by atoms with Crippen LogP contribution in [0.15, 0.2) is 36.7 Å². The minimum absolute atomic E-state index is 0.0375. The molecule has 1 aliphatic rings. The van der Waals surface area contributed by atoms with Gasteiger partial charge in [0.1, 0.15) is 16.9 Å². The molecule has 0 bridgehead atoms. The first kappa shape index (κ1) is 17.7. The van der Waals surface area contributed by atoms with Gasteiger partial charge in [0, 0.05) is 25.5 Å². The number of aryl methyl sites for hydroxylation is 3. The summed E-state index contributed by atoms with van der Waals surface area (Å²) in [5.41, 5.74) is 3.95. The maximum absolute atomic E-state index is 13.2.